The molecule has 166 valence electrons. The minimum absolute atomic E-state index is 0.000368. The third kappa shape index (κ3) is 3.49. The number of benzene rings is 2. The Morgan fingerprint density at radius 2 is 2.19 bits per heavy atom. The van der Waals surface area contributed by atoms with Crippen molar-refractivity contribution >= 4 is 37.8 Å². The van der Waals surface area contributed by atoms with Crippen LogP contribution in [0.25, 0.3) is 11.1 Å². The molecular weight excluding hydrogens is 457 g/mol. The summed E-state index contributed by atoms with van der Waals surface area (Å²) in [7, 11) is -4.29. The Balaban J connectivity index is 1.60. The second-order valence-corrected chi connectivity index (χ2v) is 9.86. The van der Waals surface area contributed by atoms with Crippen LogP contribution < -0.4 is 15.8 Å². The third-order valence-electron chi connectivity index (χ3n) is 5.56. The first-order valence-electron chi connectivity index (χ1n) is 9.80. The average Bonchev–Trinajstić information content (AvgIpc) is 3.38. The zero-order valence-corrected chi connectivity index (χ0v) is 18.5. The van der Waals surface area contributed by atoms with Crippen molar-refractivity contribution in [3.05, 3.63) is 69.7 Å². The topological polar surface area (TPSA) is 119 Å². The van der Waals surface area contributed by atoms with E-state index in [1.165, 1.54) is 16.5 Å². The molecule has 3 heterocycles. The second-order valence-electron chi connectivity index (χ2n) is 7.43. The minimum atomic E-state index is -4.29. The molecule has 0 aliphatic carbocycles. The number of oxazole rings is 1. The number of nitrogens with zero attached hydrogens (tertiary/aromatic N) is 3. The first-order valence-corrected chi connectivity index (χ1v) is 12.1. The quantitative estimate of drug-likeness (QED) is 0.455. The first kappa shape index (κ1) is 20.8. The molecule has 0 saturated carbocycles. The largest absolute Gasteiger partial charge is 0.420 e. The maximum atomic E-state index is 15.0. The van der Waals surface area contributed by atoms with Crippen molar-refractivity contribution in [1.29, 1.82) is 0 Å². The van der Waals surface area contributed by atoms with Gasteiger partial charge in [0, 0.05) is 30.2 Å². The van der Waals surface area contributed by atoms with Gasteiger partial charge in [-0.2, -0.15) is 4.37 Å². The highest BCUT2D eigenvalue weighted by molar-refractivity contribution is 7.93. The number of halogens is 1. The summed E-state index contributed by atoms with van der Waals surface area (Å²) in [6.45, 7) is 3.39. The number of sulfonamides is 1. The molecule has 0 saturated heterocycles. The van der Waals surface area contributed by atoms with E-state index in [2.05, 4.69) is 25.5 Å². The molecule has 2 aromatic heterocycles. The van der Waals surface area contributed by atoms with E-state index < -0.39 is 32.5 Å². The molecule has 2 N–H and O–H groups in total. The fourth-order valence-corrected chi connectivity index (χ4v) is 5.80. The molecule has 1 aliphatic heterocycles. The monoisotopic (exact) mass is 475 g/mol. The van der Waals surface area contributed by atoms with Gasteiger partial charge in [-0.3, -0.25) is 9.29 Å². The molecule has 0 radical (unpaired) electrons. The minimum Gasteiger partial charge on any atom is -0.408 e. The van der Waals surface area contributed by atoms with E-state index >= 15 is 0 Å². The highest BCUT2D eigenvalue weighted by atomic mass is 32.2. The Morgan fingerprint density at radius 3 is 2.97 bits per heavy atom. The molecule has 0 spiro atoms. The van der Waals surface area contributed by atoms with E-state index in [0.29, 0.717) is 6.54 Å². The number of hydrogen-bond acceptors (Lipinski definition) is 8. The molecule has 1 aliphatic rings. The van der Waals surface area contributed by atoms with E-state index in [-0.39, 0.29) is 16.2 Å². The summed E-state index contributed by atoms with van der Waals surface area (Å²) in [4.78, 5) is 15.8. The maximum absolute atomic E-state index is 15.0. The smallest absolute Gasteiger partial charge is 0.408 e. The molecule has 1 unspecified atom stereocenters. The molecule has 0 bridgehead atoms. The number of rotatable bonds is 5. The number of aromatic nitrogens is 3. The van der Waals surface area contributed by atoms with Gasteiger partial charge in [-0.05, 0) is 36.6 Å². The lowest BCUT2D eigenvalue weighted by Crippen LogP contribution is -2.27. The summed E-state index contributed by atoms with van der Waals surface area (Å²) in [6.07, 6.45) is 2.06. The average molecular weight is 476 g/mol. The number of nitrogens with one attached hydrogen (secondary N) is 2. The molecule has 5 rings (SSSR count). The predicted octanol–water partition coefficient (Wildman–Crippen LogP) is 2.64. The fourth-order valence-electron chi connectivity index (χ4n) is 4.07. The summed E-state index contributed by atoms with van der Waals surface area (Å²) in [5, 5.41) is 3.33. The first-order chi connectivity index (χ1) is 15.3. The van der Waals surface area contributed by atoms with Crippen LogP contribution in [0.4, 0.5) is 9.52 Å². The van der Waals surface area contributed by atoms with E-state index in [1.807, 2.05) is 19.1 Å². The van der Waals surface area contributed by atoms with Crippen LogP contribution in [0.2, 0.25) is 0 Å². The van der Waals surface area contributed by atoms with Crippen molar-refractivity contribution in [2.75, 3.05) is 11.3 Å². The SMILES string of the molecule is CC(c1cccc2c1CNCC2)n1c(=O)oc2cc(S(=O)(=O)Nc3ncns3)c(F)cc21. The lowest BCUT2D eigenvalue weighted by Gasteiger charge is -2.24. The Kier molecular flexibility index (Phi) is 5.07. The van der Waals surface area contributed by atoms with Crippen LogP contribution in [0.3, 0.4) is 0 Å². The van der Waals surface area contributed by atoms with Crippen molar-refractivity contribution in [2.24, 2.45) is 0 Å². The van der Waals surface area contributed by atoms with Gasteiger partial charge in [-0.25, -0.2) is 22.6 Å². The highest BCUT2D eigenvalue weighted by Crippen LogP contribution is 2.30. The summed E-state index contributed by atoms with van der Waals surface area (Å²) >= 11 is 0.817. The van der Waals surface area contributed by atoms with E-state index in [4.69, 9.17) is 4.42 Å². The molecule has 4 aromatic rings. The summed E-state index contributed by atoms with van der Waals surface area (Å²) < 4.78 is 52.7. The van der Waals surface area contributed by atoms with Crippen LogP contribution in [0.15, 0.2) is 50.8 Å². The zero-order chi connectivity index (χ0) is 22.5. The van der Waals surface area contributed by atoms with Crippen LogP contribution in [0.1, 0.15) is 29.7 Å². The summed E-state index contributed by atoms with van der Waals surface area (Å²) in [5.74, 6) is -1.70. The molecule has 12 heteroatoms. The molecule has 0 amide bonds. The van der Waals surface area contributed by atoms with Gasteiger partial charge >= 0.3 is 5.76 Å². The van der Waals surface area contributed by atoms with Gasteiger partial charge in [0.15, 0.2) is 5.58 Å². The highest BCUT2D eigenvalue weighted by Gasteiger charge is 2.26. The normalized spacial score (nSPS) is 14.9. The van der Waals surface area contributed by atoms with Crippen LogP contribution in [-0.2, 0) is 23.0 Å². The van der Waals surface area contributed by atoms with Gasteiger partial charge in [0.1, 0.15) is 17.0 Å². The van der Waals surface area contributed by atoms with E-state index in [9.17, 15) is 17.6 Å². The van der Waals surface area contributed by atoms with Crippen molar-refractivity contribution in [2.45, 2.75) is 30.8 Å². The van der Waals surface area contributed by atoms with Crippen molar-refractivity contribution in [3.8, 4) is 0 Å². The van der Waals surface area contributed by atoms with E-state index in [0.717, 1.165) is 47.8 Å². The van der Waals surface area contributed by atoms with Crippen LogP contribution in [0.5, 0.6) is 0 Å². The summed E-state index contributed by atoms with van der Waals surface area (Å²) in [5.41, 5.74) is 3.39. The van der Waals surface area contributed by atoms with Crippen molar-refractivity contribution in [3.63, 3.8) is 0 Å². The van der Waals surface area contributed by atoms with Crippen molar-refractivity contribution in [1.82, 2.24) is 19.2 Å². The van der Waals surface area contributed by atoms with Crippen LogP contribution in [0, 0.1) is 5.82 Å². The molecular formula is C20H18FN5O4S2. The Bertz CT molecular complexity index is 1480. The molecule has 1 atom stereocenters. The van der Waals surface area contributed by atoms with Crippen LogP contribution >= 0.6 is 11.5 Å². The molecule has 9 nitrogen and oxygen atoms in total. The van der Waals surface area contributed by atoms with Gasteiger partial charge in [-0.1, -0.05) is 18.2 Å². The Morgan fingerprint density at radius 1 is 1.34 bits per heavy atom. The summed E-state index contributed by atoms with van der Waals surface area (Å²) in [6, 6.07) is 7.51. The number of hydrogen-bond donors (Lipinski definition) is 2. The fraction of sp³-hybridized carbons (Fsp3) is 0.250. The van der Waals surface area contributed by atoms with Gasteiger partial charge in [0.05, 0.1) is 11.6 Å². The van der Waals surface area contributed by atoms with Gasteiger partial charge in [0.2, 0.25) is 5.13 Å². The van der Waals surface area contributed by atoms with Crippen molar-refractivity contribution < 1.29 is 17.2 Å². The predicted molar refractivity (Wildman–Crippen MR) is 117 cm³/mol. The standard InChI is InChI=1S/C20H18FN5O4S2/c1-11(13-4-2-3-12-5-6-22-9-14(12)13)26-16-7-15(21)18(8-17(16)30-20(26)27)32(28,29)25-19-23-10-24-31-19/h2-4,7-8,10-11,22H,5-6,9H2,1H3,(H,23,24,25). The third-order valence-corrected chi connectivity index (χ3v) is 7.62. The zero-order valence-electron chi connectivity index (χ0n) is 16.8. The Labute approximate surface area is 186 Å². The van der Waals surface area contributed by atoms with Gasteiger partial charge in [-0.15, -0.1) is 0 Å². The van der Waals surface area contributed by atoms with E-state index in [1.54, 1.807) is 0 Å². The van der Waals surface area contributed by atoms with Crippen LogP contribution in [-0.4, -0.2) is 28.9 Å². The molecule has 32 heavy (non-hydrogen) atoms. The Hall–Kier alpha value is -3.09. The van der Waals surface area contributed by atoms with Gasteiger partial charge < -0.3 is 9.73 Å². The molecule has 2 aromatic carbocycles. The number of fused-ring (bicyclic) bond motifs is 2. The number of anilines is 1. The molecule has 0 fully saturated rings. The lowest BCUT2D eigenvalue weighted by molar-refractivity contribution is 0.486. The second kappa shape index (κ2) is 7.80. The lowest BCUT2D eigenvalue weighted by atomic mass is 9.92. The van der Waals surface area contributed by atoms with Gasteiger partial charge in [0.25, 0.3) is 10.0 Å². The maximum Gasteiger partial charge on any atom is 0.420 e.